The highest BCUT2D eigenvalue weighted by atomic mass is 127. The Morgan fingerprint density at radius 1 is 1.30 bits per heavy atom. The molecule has 0 amide bonds. The fraction of sp³-hybridized carbons (Fsp3) is 0.625. The van der Waals surface area contributed by atoms with Crippen molar-refractivity contribution >= 4 is 22.6 Å². The first kappa shape index (κ1) is 16.0. The highest BCUT2D eigenvalue weighted by Gasteiger charge is 2.27. The van der Waals surface area contributed by atoms with E-state index in [1.807, 2.05) is 12.1 Å². The first-order chi connectivity index (χ1) is 9.62. The molecule has 112 valence electrons. The molecule has 0 aromatic heterocycles. The van der Waals surface area contributed by atoms with Gasteiger partial charge in [0.1, 0.15) is 5.75 Å². The van der Waals surface area contributed by atoms with Crippen LogP contribution in [0, 0.1) is 0 Å². The third kappa shape index (κ3) is 4.33. The predicted molar refractivity (Wildman–Crippen MR) is 88.7 cm³/mol. The summed E-state index contributed by atoms with van der Waals surface area (Å²) in [4.78, 5) is 0. The quantitative estimate of drug-likeness (QED) is 0.559. The smallest absolute Gasteiger partial charge is 0.119 e. The molecule has 1 aromatic carbocycles. The van der Waals surface area contributed by atoms with Gasteiger partial charge in [0.15, 0.2) is 0 Å². The van der Waals surface area contributed by atoms with Gasteiger partial charge in [-0.15, -0.1) is 0 Å². The van der Waals surface area contributed by atoms with Crippen LogP contribution in [0.3, 0.4) is 0 Å². The monoisotopic (exact) mass is 390 g/mol. The number of rotatable bonds is 5. The average Bonchev–Trinajstić information content (AvgIpc) is 2.44. The van der Waals surface area contributed by atoms with Crippen molar-refractivity contribution in [3.8, 4) is 5.75 Å². The molecule has 1 saturated heterocycles. The Hall–Kier alpha value is -0.330. The van der Waals surface area contributed by atoms with Crippen molar-refractivity contribution in [2.45, 2.75) is 51.1 Å². The molecule has 0 saturated carbocycles. The molecule has 4 heteroatoms. The summed E-state index contributed by atoms with van der Waals surface area (Å²) in [6.45, 7) is 4.24. The lowest BCUT2D eigenvalue weighted by molar-refractivity contribution is -0.118. The lowest BCUT2D eigenvalue weighted by Gasteiger charge is -2.34. The topological polar surface area (TPSA) is 27.7 Å². The maximum Gasteiger partial charge on any atom is 0.119 e. The van der Waals surface area contributed by atoms with E-state index in [0.717, 1.165) is 23.0 Å². The highest BCUT2D eigenvalue weighted by Crippen LogP contribution is 2.30. The molecule has 3 unspecified atom stereocenters. The van der Waals surface area contributed by atoms with Crippen LogP contribution in [-0.2, 0) is 9.47 Å². The fourth-order valence-electron chi connectivity index (χ4n) is 2.73. The zero-order valence-corrected chi connectivity index (χ0v) is 14.5. The second-order valence-electron chi connectivity index (χ2n) is 5.41. The molecule has 2 rings (SSSR count). The molecule has 0 radical (unpaired) electrons. The van der Waals surface area contributed by atoms with Crippen molar-refractivity contribution < 1.29 is 14.2 Å². The fourth-order valence-corrected chi connectivity index (χ4v) is 3.45. The molecule has 1 aromatic rings. The van der Waals surface area contributed by atoms with Crippen molar-refractivity contribution in [3.05, 3.63) is 29.8 Å². The van der Waals surface area contributed by atoms with Gasteiger partial charge in [-0.25, -0.2) is 0 Å². The van der Waals surface area contributed by atoms with Crippen LogP contribution < -0.4 is 4.74 Å². The number of hydrogen-bond donors (Lipinski definition) is 0. The Kier molecular flexibility index (Phi) is 6.11. The highest BCUT2D eigenvalue weighted by molar-refractivity contribution is 14.1. The van der Waals surface area contributed by atoms with E-state index in [-0.39, 0.29) is 24.4 Å². The van der Waals surface area contributed by atoms with E-state index < -0.39 is 0 Å². The second kappa shape index (κ2) is 7.61. The molecule has 0 N–H and O–H groups in total. The van der Waals surface area contributed by atoms with Gasteiger partial charge < -0.3 is 14.2 Å². The Labute approximate surface area is 135 Å². The summed E-state index contributed by atoms with van der Waals surface area (Å²) in [5.74, 6) is 0.884. The van der Waals surface area contributed by atoms with E-state index in [1.165, 1.54) is 5.56 Å². The summed E-state index contributed by atoms with van der Waals surface area (Å²) in [7, 11) is 1.70. The summed E-state index contributed by atoms with van der Waals surface area (Å²) in [6, 6.07) is 8.16. The normalized spacial score (nSPS) is 28.1. The SMILES string of the molecule is COc1cccc(C(CI)OC2CC(C)OC(C)C2)c1. The minimum Gasteiger partial charge on any atom is -0.497 e. The van der Waals surface area contributed by atoms with Crippen LogP contribution >= 0.6 is 22.6 Å². The Bertz CT molecular complexity index is 414. The van der Waals surface area contributed by atoms with Gasteiger partial charge in [-0.3, -0.25) is 0 Å². The average molecular weight is 390 g/mol. The Morgan fingerprint density at radius 2 is 2.00 bits per heavy atom. The van der Waals surface area contributed by atoms with Crippen LogP contribution in [0.15, 0.2) is 24.3 Å². The van der Waals surface area contributed by atoms with Gasteiger partial charge in [-0.1, -0.05) is 34.7 Å². The number of alkyl halides is 1. The third-order valence-corrected chi connectivity index (χ3v) is 4.42. The van der Waals surface area contributed by atoms with E-state index in [1.54, 1.807) is 7.11 Å². The molecule has 3 nitrogen and oxygen atoms in total. The maximum absolute atomic E-state index is 6.32. The van der Waals surface area contributed by atoms with Crippen molar-refractivity contribution in [2.75, 3.05) is 11.5 Å². The lowest BCUT2D eigenvalue weighted by atomic mass is 10.0. The summed E-state index contributed by atoms with van der Waals surface area (Å²) in [5, 5.41) is 0. The zero-order chi connectivity index (χ0) is 14.5. The summed E-state index contributed by atoms with van der Waals surface area (Å²) >= 11 is 2.39. The van der Waals surface area contributed by atoms with Crippen molar-refractivity contribution in [1.29, 1.82) is 0 Å². The second-order valence-corrected chi connectivity index (χ2v) is 6.29. The largest absolute Gasteiger partial charge is 0.497 e. The molecule has 0 bridgehead atoms. The van der Waals surface area contributed by atoms with E-state index in [4.69, 9.17) is 14.2 Å². The van der Waals surface area contributed by atoms with Gasteiger partial charge in [0.2, 0.25) is 0 Å². The van der Waals surface area contributed by atoms with Gasteiger partial charge in [0.25, 0.3) is 0 Å². The number of hydrogen-bond acceptors (Lipinski definition) is 3. The van der Waals surface area contributed by atoms with Gasteiger partial charge in [-0.05, 0) is 44.4 Å². The first-order valence-corrected chi connectivity index (χ1v) is 8.65. The summed E-state index contributed by atoms with van der Waals surface area (Å²) in [5.41, 5.74) is 1.19. The van der Waals surface area contributed by atoms with E-state index in [2.05, 4.69) is 48.6 Å². The summed E-state index contributed by atoms with van der Waals surface area (Å²) < 4.78 is 18.3. The van der Waals surface area contributed by atoms with E-state index in [9.17, 15) is 0 Å². The summed E-state index contributed by atoms with van der Waals surface area (Å²) in [6.07, 6.45) is 2.91. The Balaban J connectivity index is 2.04. The number of halogens is 1. The van der Waals surface area contributed by atoms with Crippen molar-refractivity contribution in [2.24, 2.45) is 0 Å². The lowest BCUT2D eigenvalue weighted by Crippen LogP contribution is -2.35. The van der Waals surface area contributed by atoms with Gasteiger partial charge in [0.05, 0.1) is 31.5 Å². The van der Waals surface area contributed by atoms with E-state index >= 15 is 0 Å². The van der Waals surface area contributed by atoms with Crippen LogP contribution in [0.1, 0.15) is 38.4 Å². The standard InChI is InChI=1S/C16H23IO3/c1-11-7-15(8-12(2)19-11)20-16(10-17)13-5-4-6-14(9-13)18-3/h4-6,9,11-12,15-16H,7-8,10H2,1-3H3. The molecule has 1 heterocycles. The number of ether oxygens (including phenoxy) is 3. The van der Waals surface area contributed by atoms with Crippen molar-refractivity contribution in [3.63, 3.8) is 0 Å². The van der Waals surface area contributed by atoms with E-state index in [0.29, 0.717) is 0 Å². The van der Waals surface area contributed by atoms with Crippen LogP contribution in [0.4, 0.5) is 0 Å². The molecule has 1 fully saturated rings. The van der Waals surface area contributed by atoms with Crippen LogP contribution in [-0.4, -0.2) is 29.8 Å². The van der Waals surface area contributed by atoms with Crippen LogP contribution in [0.5, 0.6) is 5.75 Å². The Morgan fingerprint density at radius 3 is 2.60 bits per heavy atom. The van der Waals surface area contributed by atoms with Gasteiger partial charge >= 0.3 is 0 Å². The first-order valence-electron chi connectivity index (χ1n) is 7.13. The molecule has 3 atom stereocenters. The zero-order valence-electron chi connectivity index (χ0n) is 12.3. The molecule has 0 aliphatic carbocycles. The third-order valence-electron chi connectivity index (χ3n) is 3.62. The van der Waals surface area contributed by atoms with Crippen LogP contribution in [0.2, 0.25) is 0 Å². The van der Waals surface area contributed by atoms with Gasteiger partial charge in [-0.2, -0.15) is 0 Å². The molecule has 1 aliphatic heterocycles. The van der Waals surface area contributed by atoms with Crippen molar-refractivity contribution in [1.82, 2.24) is 0 Å². The molecule has 0 spiro atoms. The molecular weight excluding hydrogens is 367 g/mol. The number of methoxy groups -OCH3 is 1. The van der Waals surface area contributed by atoms with Crippen LogP contribution in [0.25, 0.3) is 0 Å². The minimum absolute atomic E-state index is 0.119. The molecule has 20 heavy (non-hydrogen) atoms. The predicted octanol–water partition coefficient (Wildman–Crippen LogP) is 4.14. The number of benzene rings is 1. The molecular formula is C16H23IO3. The van der Waals surface area contributed by atoms with Gasteiger partial charge in [0, 0.05) is 4.43 Å². The minimum atomic E-state index is 0.119. The maximum atomic E-state index is 6.32. The molecule has 1 aliphatic rings.